The van der Waals surface area contributed by atoms with Crippen LogP contribution in [0.15, 0.2) is 36.4 Å². The summed E-state index contributed by atoms with van der Waals surface area (Å²) < 4.78 is 1.99. The zero-order valence-corrected chi connectivity index (χ0v) is 13.6. The molecule has 0 N–H and O–H groups in total. The molecule has 118 valence electrons. The second-order valence-electron chi connectivity index (χ2n) is 7.30. The predicted octanol–water partition coefficient (Wildman–Crippen LogP) is 3.94. The first-order valence-electron chi connectivity index (χ1n) is 8.79. The molecule has 1 saturated heterocycles. The largest absolute Gasteiger partial charge is 0.294 e. The van der Waals surface area contributed by atoms with Crippen LogP contribution in [0.5, 0.6) is 0 Å². The molecule has 5 rings (SSSR count). The van der Waals surface area contributed by atoms with Gasteiger partial charge in [-0.15, -0.1) is 0 Å². The third kappa shape index (κ3) is 1.43. The number of aromatic nitrogens is 1. The van der Waals surface area contributed by atoms with E-state index in [0.717, 1.165) is 43.4 Å². The van der Waals surface area contributed by atoms with Crippen LogP contribution >= 0.6 is 0 Å². The second-order valence-corrected chi connectivity index (χ2v) is 7.30. The molecule has 0 bridgehead atoms. The van der Waals surface area contributed by atoms with Gasteiger partial charge in [0.05, 0.1) is 11.6 Å². The minimum atomic E-state index is -0.0606. The molecule has 2 unspecified atom stereocenters. The van der Waals surface area contributed by atoms with E-state index in [9.17, 15) is 4.79 Å². The van der Waals surface area contributed by atoms with Crippen LogP contribution in [0.2, 0.25) is 0 Å². The highest BCUT2D eigenvalue weighted by molar-refractivity contribution is 6.06. The summed E-state index contributed by atoms with van der Waals surface area (Å²) in [6.07, 6.45) is 4.32. The van der Waals surface area contributed by atoms with Crippen LogP contribution < -0.4 is 0 Å². The normalized spacial score (nSPS) is 29.9. The van der Waals surface area contributed by atoms with Gasteiger partial charge in [-0.1, -0.05) is 31.7 Å². The summed E-state index contributed by atoms with van der Waals surface area (Å²) in [5.74, 6) is 0.129. The average Bonchev–Trinajstić information content (AvgIpc) is 2.94. The van der Waals surface area contributed by atoms with Crippen molar-refractivity contribution in [2.45, 2.75) is 38.6 Å². The van der Waals surface area contributed by atoms with Gasteiger partial charge in [-0.05, 0) is 43.9 Å². The van der Waals surface area contributed by atoms with Gasteiger partial charge in [0.15, 0.2) is 0 Å². The molecule has 0 saturated carbocycles. The highest BCUT2D eigenvalue weighted by Crippen LogP contribution is 2.58. The molecular weight excluding hydrogens is 284 g/mol. The Morgan fingerprint density at radius 1 is 1.30 bits per heavy atom. The number of rotatable bonds is 1. The number of carbonyl (C=O) groups is 1. The Bertz CT molecular complexity index is 862. The van der Waals surface area contributed by atoms with Crippen molar-refractivity contribution in [1.29, 1.82) is 0 Å². The molecule has 2 aromatic rings. The number of benzene rings is 1. The van der Waals surface area contributed by atoms with Gasteiger partial charge in [0, 0.05) is 28.6 Å². The minimum absolute atomic E-state index is 0.0606. The molecule has 1 aromatic heterocycles. The highest BCUT2D eigenvalue weighted by atomic mass is 16.2. The van der Waals surface area contributed by atoms with Gasteiger partial charge in [0.1, 0.15) is 0 Å². The maximum atomic E-state index is 13.2. The molecule has 1 fully saturated rings. The number of carbonyl (C=O) groups excluding carboxylic acids is 1. The Labute approximate surface area is 136 Å². The first-order valence-corrected chi connectivity index (χ1v) is 8.79. The van der Waals surface area contributed by atoms with E-state index >= 15 is 0 Å². The number of para-hydroxylation sites is 1. The van der Waals surface area contributed by atoms with E-state index in [4.69, 9.17) is 0 Å². The van der Waals surface area contributed by atoms with Gasteiger partial charge in [-0.25, -0.2) is 0 Å². The summed E-state index contributed by atoms with van der Waals surface area (Å²) >= 11 is 0. The number of hydrogen-bond donors (Lipinski definition) is 0. The Hall–Kier alpha value is -1.87. The first kappa shape index (κ1) is 13.6. The van der Waals surface area contributed by atoms with Crippen molar-refractivity contribution in [2.75, 3.05) is 13.1 Å². The van der Waals surface area contributed by atoms with Crippen molar-refractivity contribution in [2.24, 2.45) is 5.41 Å². The number of hydrogen-bond acceptors (Lipinski definition) is 2. The van der Waals surface area contributed by atoms with Gasteiger partial charge >= 0.3 is 0 Å². The maximum Gasteiger partial charge on any atom is 0.258 e. The quantitative estimate of drug-likeness (QED) is 0.746. The van der Waals surface area contributed by atoms with Crippen LogP contribution in [0.3, 0.4) is 0 Å². The van der Waals surface area contributed by atoms with E-state index < -0.39 is 0 Å². The van der Waals surface area contributed by atoms with Crippen molar-refractivity contribution in [3.8, 4) is 0 Å². The summed E-state index contributed by atoms with van der Waals surface area (Å²) in [5, 5.41) is 1.26. The third-order valence-electron chi connectivity index (χ3n) is 6.58. The van der Waals surface area contributed by atoms with Gasteiger partial charge in [-0.3, -0.25) is 14.3 Å². The van der Waals surface area contributed by atoms with Crippen LogP contribution in [0.1, 0.15) is 48.3 Å². The van der Waals surface area contributed by atoms with Crippen LogP contribution in [0.4, 0.5) is 0 Å². The van der Waals surface area contributed by atoms with Crippen LogP contribution in [-0.4, -0.2) is 28.5 Å². The van der Waals surface area contributed by atoms with Crippen molar-refractivity contribution >= 4 is 16.8 Å². The van der Waals surface area contributed by atoms with Gasteiger partial charge in [-0.2, -0.15) is 0 Å². The molecule has 3 heteroatoms. The van der Waals surface area contributed by atoms with Gasteiger partial charge in [0.2, 0.25) is 0 Å². The summed E-state index contributed by atoms with van der Waals surface area (Å²) in [6, 6.07) is 8.73. The lowest BCUT2D eigenvalue weighted by Crippen LogP contribution is -2.54. The molecule has 0 radical (unpaired) electrons. The number of nitrogens with zero attached hydrogens (tertiary/aromatic N) is 2. The van der Waals surface area contributed by atoms with Crippen molar-refractivity contribution < 1.29 is 4.79 Å². The van der Waals surface area contributed by atoms with Crippen LogP contribution in [0, 0.1) is 5.41 Å². The standard InChI is InChI=1S/C20H22N2O/c1-3-20-10-6-11-21-12-9-15-14-7-4-5-8-16(14)22(17(15)18(20)21)19(23)13(20)2/h4-5,7-8,18H,2-3,6,9-12H2,1H3. The molecule has 0 spiro atoms. The van der Waals surface area contributed by atoms with E-state index in [1.807, 2.05) is 10.6 Å². The predicted molar refractivity (Wildman–Crippen MR) is 91.7 cm³/mol. The van der Waals surface area contributed by atoms with E-state index in [1.165, 1.54) is 23.1 Å². The number of piperidine rings is 1. The average molecular weight is 306 g/mol. The zero-order chi connectivity index (χ0) is 15.8. The molecule has 23 heavy (non-hydrogen) atoms. The smallest absolute Gasteiger partial charge is 0.258 e. The SMILES string of the molecule is C=C1C(=O)n2c3c(c4ccccc42)CCN2CCCC1(CC)C32. The van der Waals surface area contributed by atoms with Crippen LogP contribution in [-0.2, 0) is 6.42 Å². The monoisotopic (exact) mass is 306 g/mol. The second kappa shape index (κ2) is 4.35. The Morgan fingerprint density at radius 3 is 2.96 bits per heavy atom. The molecule has 3 nitrogen and oxygen atoms in total. The molecule has 3 aliphatic rings. The molecule has 0 amide bonds. The molecule has 0 aliphatic carbocycles. The van der Waals surface area contributed by atoms with Crippen molar-refractivity contribution in [3.63, 3.8) is 0 Å². The lowest BCUT2D eigenvalue weighted by Gasteiger charge is -2.55. The molecule has 4 heterocycles. The fourth-order valence-corrected chi connectivity index (χ4v) is 5.49. The zero-order valence-electron chi connectivity index (χ0n) is 13.6. The summed E-state index contributed by atoms with van der Waals surface area (Å²) in [7, 11) is 0. The van der Waals surface area contributed by atoms with Crippen molar-refractivity contribution in [1.82, 2.24) is 9.47 Å². The Kier molecular flexibility index (Phi) is 2.57. The highest BCUT2D eigenvalue weighted by Gasteiger charge is 2.55. The Morgan fingerprint density at radius 2 is 2.13 bits per heavy atom. The van der Waals surface area contributed by atoms with E-state index in [0.29, 0.717) is 6.04 Å². The molecule has 3 aliphatic heterocycles. The fourth-order valence-electron chi connectivity index (χ4n) is 5.49. The summed E-state index contributed by atoms with van der Waals surface area (Å²) in [5.41, 5.74) is 4.52. The van der Waals surface area contributed by atoms with Crippen LogP contribution in [0.25, 0.3) is 10.9 Å². The number of fused-ring (bicyclic) bond motifs is 3. The van der Waals surface area contributed by atoms with Gasteiger partial charge in [0.25, 0.3) is 5.91 Å². The van der Waals surface area contributed by atoms with Gasteiger partial charge < -0.3 is 0 Å². The van der Waals surface area contributed by atoms with Crippen molar-refractivity contribution in [3.05, 3.63) is 47.7 Å². The molecular formula is C20H22N2O. The fraction of sp³-hybridized carbons (Fsp3) is 0.450. The topological polar surface area (TPSA) is 25.2 Å². The minimum Gasteiger partial charge on any atom is -0.294 e. The molecule has 1 aromatic carbocycles. The summed E-state index contributed by atoms with van der Waals surface area (Å²) in [4.78, 5) is 15.9. The molecule has 2 atom stereocenters. The lowest BCUT2D eigenvalue weighted by atomic mass is 9.62. The Balaban J connectivity index is 1.92. The lowest BCUT2D eigenvalue weighted by molar-refractivity contribution is 0.0112. The maximum absolute atomic E-state index is 13.2. The first-order chi connectivity index (χ1) is 11.2. The third-order valence-corrected chi connectivity index (χ3v) is 6.58. The van der Waals surface area contributed by atoms with E-state index in [2.05, 4.69) is 36.6 Å². The van der Waals surface area contributed by atoms with E-state index in [1.54, 1.807) is 0 Å². The summed E-state index contributed by atoms with van der Waals surface area (Å²) in [6.45, 7) is 8.78. The van der Waals surface area contributed by atoms with E-state index in [-0.39, 0.29) is 11.3 Å².